The highest BCUT2D eigenvalue weighted by Gasteiger charge is 2.39. The molecule has 22 heavy (non-hydrogen) atoms. The molecule has 2 aliphatic rings. The van der Waals surface area contributed by atoms with Crippen LogP contribution in [0.4, 0.5) is 0 Å². The van der Waals surface area contributed by atoms with E-state index in [0.29, 0.717) is 16.9 Å². The number of piperidine rings is 1. The molecule has 1 saturated carbocycles. The second-order valence-electron chi connectivity index (χ2n) is 6.30. The number of amides is 1. The summed E-state index contributed by atoms with van der Waals surface area (Å²) >= 11 is 0. The molecule has 4 unspecified atom stereocenters. The predicted octanol–water partition coefficient (Wildman–Crippen LogP) is 2.12. The van der Waals surface area contributed by atoms with E-state index in [1.165, 1.54) is 12.8 Å². The van der Waals surface area contributed by atoms with E-state index in [2.05, 4.69) is 15.5 Å². The van der Waals surface area contributed by atoms with Crippen molar-refractivity contribution in [2.24, 2.45) is 5.92 Å². The third kappa shape index (κ3) is 2.35. The lowest BCUT2D eigenvalue weighted by Gasteiger charge is -2.39. The van der Waals surface area contributed by atoms with E-state index in [-0.39, 0.29) is 5.91 Å². The number of H-pyrrole nitrogens is 1. The van der Waals surface area contributed by atoms with Crippen LogP contribution in [-0.2, 0) is 15.6 Å². The lowest BCUT2D eigenvalue weighted by atomic mass is 9.79. The van der Waals surface area contributed by atoms with Crippen molar-refractivity contribution in [3.8, 4) is 0 Å². The smallest absolute Gasteiger partial charge is 0.236 e. The summed E-state index contributed by atoms with van der Waals surface area (Å²) in [4.78, 5) is 13.1. The minimum atomic E-state index is -1.31. The standard InChI is InChI=1S/C16H19N3O2S/c20-16-15(8-10-3-1-2-4-13(10)18-16)22(21)12-5-6-14-11(7-12)9-17-19-14/h5-7,9-10,13,15H,1-4,8H2,(H,17,19)(H,18,20). The molecule has 0 spiro atoms. The van der Waals surface area contributed by atoms with Gasteiger partial charge in [-0.15, -0.1) is 0 Å². The van der Waals surface area contributed by atoms with Gasteiger partial charge in [-0.2, -0.15) is 5.10 Å². The van der Waals surface area contributed by atoms with Crippen LogP contribution in [0, 0.1) is 5.92 Å². The van der Waals surface area contributed by atoms with E-state index in [1.54, 1.807) is 6.20 Å². The number of carbonyl (C=O) groups excluding carboxylic acids is 1. The van der Waals surface area contributed by atoms with Crippen molar-refractivity contribution in [3.05, 3.63) is 24.4 Å². The van der Waals surface area contributed by atoms with Gasteiger partial charge in [0.05, 0.1) is 22.5 Å². The number of benzene rings is 1. The summed E-state index contributed by atoms with van der Waals surface area (Å²) in [5.41, 5.74) is 0.918. The fraction of sp³-hybridized carbons (Fsp3) is 0.500. The molecule has 1 aromatic heterocycles. The zero-order valence-corrected chi connectivity index (χ0v) is 13.1. The Kier molecular flexibility index (Phi) is 3.48. The van der Waals surface area contributed by atoms with Crippen molar-refractivity contribution in [2.75, 3.05) is 0 Å². The molecule has 0 radical (unpaired) electrons. The van der Waals surface area contributed by atoms with Crippen LogP contribution in [0.2, 0.25) is 0 Å². The Morgan fingerprint density at radius 2 is 2.09 bits per heavy atom. The maximum Gasteiger partial charge on any atom is 0.236 e. The molecule has 1 aliphatic carbocycles. The number of aromatic amines is 1. The van der Waals surface area contributed by atoms with Gasteiger partial charge in [0.25, 0.3) is 0 Å². The van der Waals surface area contributed by atoms with E-state index < -0.39 is 16.0 Å². The van der Waals surface area contributed by atoms with Crippen LogP contribution < -0.4 is 5.32 Å². The highest BCUT2D eigenvalue weighted by atomic mass is 32.2. The molecular weight excluding hydrogens is 298 g/mol. The molecule has 1 aliphatic heterocycles. The number of nitrogens with zero attached hydrogens (tertiary/aromatic N) is 1. The lowest BCUT2D eigenvalue weighted by Crippen LogP contribution is -2.54. The van der Waals surface area contributed by atoms with Crippen molar-refractivity contribution >= 4 is 27.6 Å². The van der Waals surface area contributed by atoms with Gasteiger partial charge < -0.3 is 5.32 Å². The first-order valence-electron chi connectivity index (χ1n) is 7.86. The topological polar surface area (TPSA) is 74.8 Å². The average molecular weight is 317 g/mol. The number of hydrogen-bond donors (Lipinski definition) is 2. The summed E-state index contributed by atoms with van der Waals surface area (Å²) < 4.78 is 12.9. The molecule has 2 N–H and O–H groups in total. The van der Waals surface area contributed by atoms with Crippen molar-refractivity contribution < 1.29 is 9.00 Å². The SMILES string of the molecule is O=C1NC2CCCCC2CC1S(=O)c1ccc2[nH]ncc2c1. The van der Waals surface area contributed by atoms with Crippen LogP contribution in [0.15, 0.2) is 29.3 Å². The van der Waals surface area contributed by atoms with Crippen LogP contribution in [0.5, 0.6) is 0 Å². The molecule has 4 atom stereocenters. The van der Waals surface area contributed by atoms with E-state index in [9.17, 15) is 9.00 Å². The van der Waals surface area contributed by atoms with Crippen LogP contribution in [0.1, 0.15) is 32.1 Å². The van der Waals surface area contributed by atoms with Gasteiger partial charge in [-0.1, -0.05) is 12.8 Å². The summed E-state index contributed by atoms with van der Waals surface area (Å²) in [5.74, 6) is 0.437. The minimum Gasteiger partial charge on any atom is -0.352 e. The number of hydrogen-bond acceptors (Lipinski definition) is 3. The van der Waals surface area contributed by atoms with Crippen LogP contribution in [-0.4, -0.2) is 31.6 Å². The molecule has 2 aromatic rings. The Bertz CT molecular complexity index is 742. The van der Waals surface area contributed by atoms with Gasteiger partial charge in [-0.25, -0.2) is 0 Å². The van der Waals surface area contributed by atoms with Crippen LogP contribution >= 0.6 is 0 Å². The maximum atomic E-state index is 12.9. The van der Waals surface area contributed by atoms with Gasteiger partial charge in [0.1, 0.15) is 5.25 Å². The monoisotopic (exact) mass is 317 g/mol. The fourth-order valence-corrected chi connectivity index (χ4v) is 5.19. The van der Waals surface area contributed by atoms with E-state index >= 15 is 0 Å². The maximum absolute atomic E-state index is 12.9. The Labute approximate surface area is 131 Å². The second kappa shape index (κ2) is 5.50. The molecule has 116 valence electrons. The molecule has 1 aromatic carbocycles. The zero-order chi connectivity index (χ0) is 15.1. The highest BCUT2D eigenvalue weighted by Crippen LogP contribution is 2.33. The molecular formula is C16H19N3O2S. The van der Waals surface area contributed by atoms with E-state index in [4.69, 9.17) is 0 Å². The quantitative estimate of drug-likeness (QED) is 0.891. The summed E-state index contributed by atoms with van der Waals surface area (Å²) in [6.45, 7) is 0. The van der Waals surface area contributed by atoms with Gasteiger partial charge in [0.15, 0.2) is 0 Å². The number of rotatable bonds is 2. The van der Waals surface area contributed by atoms with Gasteiger partial charge in [-0.05, 0) is 43.4 Å². The Morgan fingerprint density at radius 1 is 1.23 bits per heavy atom. The molecule has 2 fully saturated rings. The molecule has 6 heteroatoms. The first-order valence-corrected chi connectivity index (χ1v) is 9.08. The Morgan fingerprint density at radius 3 is 3.00 bits per heavy atom. The van der Waals surface area contributed by atoms with Crippen molar-refractivity contribution in [1.29, 1.82) is 0 Å². The third-order valence-corrected chi connectivity index (χ3v) is 6.59. The predicted molar refractivity (Wildman–Crippen MR) is 84.8 cm³/mol. The normalized spacial score (nSPS) is 29.8. The summed E-state index contributed by atoms with van der Waals surface area (Å²) in [6, 6.07) is 5.87. The summed E-state index contributed by atoms with van der Waals surface area (Å²) in [5, 5.41) is 10.5. The van der Waals surface area contributed by atoms with E-state index in [0.717, 1.165) is 30.2 Å². The van der Waals surface area contributed by atoms with Gasteiger partial charge in [-0.3, -0.25) is 14.1 Å². The molecule has 1 amide bonds. The minimum absolute atomic E-state index is 0.0474. The average Bonchev–Trinajstić information content (AvgIpc) is 3.01. The molecule has 4 rings (SSSR count). The third-order valence-electron chi connectivity index (χ3n) is 4.95. The van der Waals surface area contributed by atoms with Crippen molar-refractivity contribution in [1.82, 2.24) is 15.5 Å². The number of nitrogens with one attached hydrogen (secondary N) is 2. The number of aromatic nitrogens is 2. The fourth-order valence-electron chi connectivity index (χ4n) is 3.73. The van der Waals surface area contributed by atoms with Gasteiger partial charge in [0, 0.05) is 16.3 Å². The first kappa shape index (κ1) is 13.9. The largest absolute Gasteiger partial charge is 0.352 e. The second-order valence-corrected chi connectivity index (χ2v) is 7.94. The number of fused-ring (bicyclic) bond motifs is 2. The Balaban J connectivity index is 1.59. The van der Waals surface area contributed by atoms with Crippen molar-refractivity contribution in [3.63, 3.8) is 0 Å². The van der Waals surface area contributed by atoms with Gasteiger partial charge in [0.2, 0.25) is 5.91 Å². The molecule has 2 heterocycles. The number of carbonyl (C=O) groups is 1. The molecule has 0 bridgehead atoms. The van der Waals surface area contributed by atoms with Crippen molar-refractivity contribution in [2.45, 2.75) is 48.3 Å². The van der Waals surface area contributed by atoms with Gasteiger partial charge >= 0.3 is 0 Å². The first-order chi connectivity index (χ1) is 10.7. The Hall–Kier alpha value is -1.69. The van der Waals surface area contributed by atoms with Crippen LogP contribution in [0.25, 0.3) is 10.9 Å². The van der Waals surface area contributed by atoms with E-state index in [1.807, 2.05) is 18.2 Å². The highest BCUT2D eigenvalue weighted by molar-refractivity contribution is 7.86. The molecule has 1 saturated heterocycles. The molecule has 5 nitrogen and oxygen atoms in total. The lowest BCUT2D eigenvalue weighted by molar-refractivity contribution is -0.124. The summed E-state index contributed by atoms with van der Waals surface area (Å²) in [7, 11) is -1.31. The summed E-state index contributed by atoms with van der Waals surface area (Å²) in [6.07, 6.45) is 7.07. The zero-order valence-electron chi connectivity index (χ0n) is 12.2. The van der Waals surface area contributed by atoms with Crippen LogP contribution in [0.3, 0.4) is 0 Å².